The topological polar surface area (TPSA) is 195 Å². The van der Waals surface area contributed by atoms with Crippen LogP contribution in [0.2, 0.25) is 0 Å². The number of piperazine rings is 1. The third-order valence-electron chi connectivity index (χ3n) is 12.9. The van der Waals surface area contributed by atoms with Gasteiger partial charge in [-0.3, -0.25) is 14.6 Å². The third-order valence-corrected chi connectivity index (χ3v) is 15.8. The van der Waals surface area contributed by atoms with Gasteiger partial charge < -0.3 is 45.1 Å². The van der Waals surface area contributed by atoms with Gasteiger partial charge in [-0.2, -0.15) is 17.0 Å². The number of aryl methyl sites for hydroxylation is 1. The van der Waals surface area contributed by atoms with Crippen LogP contribution in [0, 0.1) is 69.2 Å². The SMILES string of the molecule is COc1c(C)cc2c(c1O)[C@@H]1C3[C@@H]4SC[C@H](NC(=O)CCCCC5SCC6NC(=O)NC65)C(=O)OC[C@@H](c5c6c(c(C)c(O)c54)OCO6)N3[C@@H](C#N)[C@H](C2)N1C.[Ac]. The van der Waals surface area contributed by atoms with Crippen LogP contribution in [0.15, 0.2) is 6.07 Å². The summed E-state index contributed by atoms with van der Waals surface area (Å²) in [6, 6.07) is 1.17. The predicted molar refractivity (Wildman–Crippen MR) is 206 cm³/mol. The van der Waals surface area contributed by atoms with E-state index in [1.807, 2.05) is 31.8 Å². The van der Waals surface area contributed by atoms with E-state index in [-0.39, 0.29) is 111 Å². The molecule has 0 spiro atoms. The minimum Gasteiger partial charge on any atom is -0.507 e. The average molecular weight is 1030 g/mol. The number of carbonyl (C=O) groups is 3. The molecule has 15 nitrogen and oxygen atoms in total. The Morgan fingerprint density at radius 1 is 1.07 bits per heavy atom. The second-order valence-corrected chi connectivity index (χ2v) is 18.2. The van der Waals surface area contributed by atoms with Gasteiger partial charge in [0.05, 0.1) is 42.6 Å². The number of esters is 1. The Morgan fingerprint density at radius 2 is 1.86 bits per heavy atom. The van der Waals surface area contributed by atoms with Crippen molar-refractivity contribution in [2.45, 2.75) is 105 Å². The fraction of sp³-hybridized carbons (Fsp3) is 0.590. The molecule has 5 N–H and O–H groups in total. The minimum atomic E-state index is -0.970. The van der Waals surface area contributed by atoms with Crippen LogP contribution in [0.3, 0.4) is 0 Å². The first-order chi connectivity index (χ1) is 27.0. The van der Waals surface area contributed by atoms with Crippen molar-refractivity contribution in [3.05, 3.63) is 39.4 Å². The molecule has 0 saturated carbocycles. The van der Waals surface area contributed by atoms with Crippen LogP contribution < -0.4 is 30.2 Å². The van der Waals surface area contributed by atoms with Gasteiger partial charge in [0.2, 0.25) is 12.7 Å². The number of hydrogen-bond donors (Lipinski definition) is 5. The van der Waals surface area contributed by atoms with Crippen LogP contribution in [0.5, 0.6) is 28.7 Å². The molecule has 3 amide bonds. The van der Waals surface area contributed by atoms with Crippen molar-refractivity contribution in [2.75, 3.05) is 39.1 Å². The first kappa shape index (κ1) is 41.0. The number of urea groups is 1. The smallest absolute Gasteiger partial charge is 0.329 e. The molecule has 10 rings (SSSR count). The second-order valence-electron chi connectivity index (χ2n) is 15.8. The summed E-state index contributed by atoms with van der Waals surface area (Å²) in [4.78, 5) is 43.4. The molecule has 18 heteroatoms. The molecule has 0 aliphatic carbocycles. The number of phenols is 2. The van der Waals surface area contributed by atoms with Crippen molar-refractivity contribution < 1.29 is 87.6 Å². The Bertz CT molecular complexity index is 2050. The number of carbonyl (C=O) groups excluding carboxylic acids is 3. The maximum atomic E-state index is 13.9. The van der Waals surface area contributed by atoms with Crippen molar-refractivity contribution in [1.82, 2.24) is 25.8 Å². The number of ether oxygens (including phenoxy) is 4. The van der Waals surface area contributed by atoms with E-state index in [9.17, 15) is 29.9 Å². The second kappa shape index (κ2) is 16.0. The molecule has 1 radical (unpaired) electrons. The van der Waals surface area contributed by atoms with Gasteiger partial charge in [-0.1, -0.05) is 12.5 Å². The Hall–Kier alpha value is -2.80. The number of nitriles is 1. The molecule has 0 aromatic heterocycles. The number of nitrogens with zero attached hydrogens (tertiary/aromatic N) is 3. The van der Waals surface area contributed by atoms with E-state index in [1.165, 1.54) is 18.9 Å². The summed E-state index contributed by atoms with van der Waals surface area (Å²) in [6.07, 6.45) is 3.03. The summed E-state index contributed by atoms with van der Waals surface area (Å²) in [5, 5.41) is 43.6. The number of rotatable bonds is 7. The normalized spacial score (nSPS) is 32.0. The molecular formula is C39H46AcN6O9S2. The minimum absolute atomic E-state index is 0. The summed E-state index contributed by atoms with van der Waals surface area (Å²) < 4.78 is 23.8. The molecule has 8 heterocycles. The number of aromatic hydroxyl groups is 2. The van der Waals surface area contributed by atoms with Crippen molar-refractivity contribution in [2.24, 2.45) is 0 Å². The van der Waals surface area contributed by atoms with Gasteiger partial charge in [-0.05, 0) is 51.3 Å². The zero-order valence-electron chi connectivity index (χ0n) is 32.2. The molecule has 4 unspecified atom stereocenters. The number of fused-ring (bicyclic) bond motifs is 11. The fourth-order valence-corrected chi connectivity index (χ4v) is 13.4. The zero-order chi connectivity index (χ0) is 39.2. The van der Waals surface area contributed by atoms with Crippen LogP contribution in [0.1, 0.15) is 76.4 Å². The molecule has 4 fully saturated rings. The summed E-state index contributed by atoms with van der Waals surface area (Å²) in [5.41, 5.74) is 4.19. The zero-order valence-corrected chi connectivity index (χ0v) is 38.6. The molecule has 57 heavy (non-hydrogen) atoms. The molecule has 4 bridgehead atoms. The number of hydrogen-bond acceptors (Lipinski definition) is 14. The Balaban J connectivity index is 0.00000455. The van der Waals surface area contributed by atoms with Gasteiger partial charge in [0, 0.05) is 102 Å². The number of benzene rings is 2. The van der Waals surface area contributed by atoms with E-state index in [0.717, 1.165) is 29.7 Å². The summed E-state index contributed by atoms with van der Waals surface area (Å²) in [5.74, 6) is 1.51. The van der Waals surface area contributed by atoms with E-state index in [2.05, 4.69) is 31.8 Å². The van der Waals surface area contributed by atoms with Crippen molar-refractivity contribution in [3.8, 4) is 34.8 Å². The van der Waals surface area contributed by atoms with E-state index in [4.69, 9.17) is 18.9 Å². The van der Waals surface area contributed by atoms with Crippen molar-refractivity contribution in [1.29, 1.82) is 5.26 Å². The van der Waals surface area contributed by atoms with Crippen LogP contribution in [0.4, 0.5) is 4.79 Å². The molecule has 2 aromatic rings. The molecular weight excluding hydrogens is 988 g/mol. The fourth-order valence-electron chi connectivity index (χ4n) is 10.3. The van der Waals surface area contributed by atoms with Crippen LogP contribution in [-0.2, 0) is 20.7 Å². The number of nitrogens with one attached hydrogen (secondary N) is 3. The van der Waals surface area contributed by atoms with Crippen LogP contribution in [-0.4, -0.2) is 118 Å². The van der Waals surface area contributed by atoms with E-state index < -0.39 is 41.4 Å². The molecule has 4 saturated heterocycles. The Labute approximate surface area is 375 Å². The Kier molecular flexibility index (Phi) is 11.5. The number of amides is 3. The van der Waals surface area contributed by atoms with Crippen molar-refractivity contribution >= 4 is 41.4 Å². The average Bonchev–Trinajstić information content (AvgIpc) is 3.90. The Morgan fingerprint density at radius 3 is 2.63 bits per heavy atom. The quantitative estimate of drug-likeness (QED) is 0.154. The van der Waals surface area contributed by atoms with Gasteiger partial charge in [-0.15, -0.1) is 11.8 Å². The van der Waals surface area contributed by atoms with Crippen LogP contribution in [0.25, 0.3) is 0 Å². The van der Waals surface area contributed by atoms with E-state index >= 15 is 0 Å². The van der Waals surface area contributed by atoms with Gasteiger partial charge in [0.15, 0.2) is 23.0 Å². The van der Waals surface area contributed by atoms with Crippen LogP contribution >= 0.6 is 23.5 Å². The van der Waals surface area contributed by atoms with Gasteiger partial charge in [0.25, 0.3) is 0 Å². The molecule has 10 atom stereocenters. The third kappa shape index (κ3) is 6.62. The summed E-state index contributed by atoms with van der Waals surface area (Å²) >= 11 is 3.25. The first-order valence-electron chi connectivity index (χ1n) is 19.2. The largest absolute Gasteiger partial charge is 0.507 e. The number of likely N-dealkylation sites (N-methyl/N-ethyl adjacent to an activating group) is 1. The number of phenolic OH excluding ortho intramolecular Hbond substituents is 2. The molecule has 8 aliphatic rings. The van der Waals surface area contributed by atoms with E-state index in [1.54, 1.807) is 6.92 Å². The molecule has 301 valence electrons. The predicted octanol–water partition coefficient (Wildman–Crippen LogP) is 3.22. The first-order valence-corrected chi connectivity index (χ1v) is 21.3. The summed E-state index contributed by atoms with van der Waals surface area (Å²) in [6.45, 7) is 3.46. The summed E-state index contributed by atoms with van der Waals surface area (Å²) in [7, 11) is 3.51. The van der Waals surface area contributed by atoms with E-state index in [0.29, 0.717) is 57.6 Å². The number of methoxy groups -OCH3 is 1. The van der Waals surface area contributed by atoms with Gasteiger partial charge >= 0.3 is 12.0 Å². The maximum absolute atomic E-state index is 13.9. The van der Waals surface area contributed by atoms with Crippen molar-refractivity contribution in [3.63, 3.8) is 0 Å². The maximum Gasteiger partial charge on any atom is 0.329 e. The number of unbranched alkanes of at least 4 members (excludes halogenated alkanes) is 1. The molecule has 8 aliphatic heterocycles. The van der Waals surface area contributed by atoms with Gasteiger partial charge in [-0.25, -0.2) is 9.59 Å². The molecule has 2 aromatic carbocycles. The number of thioether (sulfide) groups is 2. The van der Waals surface area contributed by atoms with Gasteiger partial charge in [0.1, 0.15) is 24.4 Å². The standard InChI is InChI=1S/C39H46N6O9S2.Ac/c1-16-9-18-10-21-22(11-40)45-23-12-52-38(49)20(41-25(46)8-6-5-7-24-29-19(13-55-24)42-39(50)43-29)14-56-37(28-27(23)36-35(53-15-54-36)17(2)32(28)47)31(45)30(44(21)3)26(18)33(48)34(16)51-4;/h9,19-24,29-31,37,47-48H,5-8,10,12-15H2,1-4H3,(H,41,46)(H2,42,43,50);/t19?,20-,21-,22-,23-,24?,29?,30+,31?,37+;/m0./s1. The monoisotopic (exact) mass is 1030 g/mol.